The zero-order chi connectivity index (χ0) is 45.7. The molecule has 2 atom stereocenters. The maximum absolute atomic E-state index is 13.3. The minimum atomic E-state index is -0.477. The van der Waals surface area contributed by atoms with Crippen LogP contribution in [0.15, 0.2) is 121 Å². The lowest BCUT2D eigenvalue weighted by Gasteiger charge is -2.60. The number of fused-ring (bicyclic) bond motifs is 2. The predicted octanol–water partition coefficient (Wildman–Crippen LogP) is 9.75. The Bertz CT molecular complexity index is 2760. The van der Waals surface area contributed by atoms with Crippen molar-refractivity contribution in [2.24, 2.45) is 10.8 Å². The van der Waals surface area contributed by atoms with Crippen molar-refractivity contribution in [2.75, 3.05) is 62.2 Å². The molecule has 0 aromatic heterocycles. The van der Waals surface area contributed by atoms with Crippen molar-refractivity contribution in [1.82, 2.24) is 20.9 Å². The zero-order valence-electron chi connectivity index (χ0n) is 38.8. The second kappa shape index (κ2) is 17.2. The Hall–Kier alpha value is -6.39. The van der Waals surface area contributed by atoms with Crippen LogP contribution in [0.2, 0.25) is 0 Å². The summed E-state index contributed by atoms with van der Waals surface area (Å²) >= 11 is 0. The Morgan fingerprint density at radius 1 is 0.585 bits per heavy atom. The largest absolute Gasteiger partial charge is 0.444 e. The molecule has 0 saturated carbocycles. The van der Waals surface area contributed by atoms with Gasteiger partial charge in [-0.05, 0) is 117 Å². The van der Waals surface area contributed by atoms with Crippen molar-refractivity contribution in [2.45, 2.75) is 66.2 Å². The highest BCUT2D eigenvalue weighted by molar-refractivity contribution is 5.98. The molecule has 4 saturated heterocycles. The first-order chi connectivity index (χ1) is 31.1. The van der Waals surface area contributed by atoms with Crippen molar-refractivity contribution in [3.8, 4) is 0 Å². The first-order valence-corrected chi connectivity index (χ1v) is 23.1. The fraction of sp³-hybridized carbons (Fsp3) is 0.364. The number of rotatable bonds is 8. The van der Waals surface area contributed by atoms with Gasteiger partial charge in [0.05, 0.1) is 12.1 Å². The third kappa shape index (κ3) is 9.01. The minimum Gasteiger partial charge on any atom is -0.444 e. The van der Waals surface area contributed by atoms with E-state index in [1.165, 1.54) is 16.2 Å². The van der Waals surface area contributed by atoms with Crippen molar-refractivity contribution >= 4 is 50.8 Å². The topological polar surface area (TPSA) is 106 Å². The maximum Gasteiger partial charge on any atom is 0.410 e. The molecule has 4 aliphatic rings. The third-order valence-corrected chi connectivity index (χ3v) is 13.7. The van der Waals surface area contributed by atoms with Crippen molar-refractivity contribution in [1.29, 1.82) is 0 Å². The second-order valence-corrected chi connectivity index (χ2v) is 20.2. The van der Waals surface area contributed by atoms with Crippen LogP contribution in [0.3, 0.4) is 0 Å². The van der Waals surface area contributed by atoms with Gasteiger partial charge in [0.2, 0.25) is 0 Å². The summed E-state index contributed by atoms with van der Waals surface area (Å²) in [4.78, 5) is 45.2. The molecule has 4 fully saturated rings. The van der Waals surface area contributed by atoms with Crippen molar-refractivity contribution in [3.63, 3.8) is 0 Å². The van der Waals surface area contributed by atoms with E-state index in [4.69, 9.17) is 4.74 Å². The van der Waals surface area contributed by atoms with Crippen molar-refractivity contribution in [3.05, 3.63) is 155 Å². The molecule has 336 valence electrons. The molecule has 6 aromatic carbocycles. The quantitative estimate of drug-likeness (QED) is 0.140. The van der Waals surface area contributed by atoms with Gasteiger partial charge in [0.25, 0.3) is 11.8 Å². The Kier molecular flexibility index (Phi) is 11.6. The molecule has 0 radical (unpaired) electrons. The molecule has 65 heavy (non-hydrogen) atoms. The molecule has 10 heteroatoms. The number of likely N-dealkylation sites (tertiary alicyclic amines) is 1. The van der Waals surface area contributed by atoms with Crippen molar-refractivity contribution < 1.29 is 19.1 Å². The highest BCUT2D eigenvalue weighted by atomic mass is 16.6. The Morgan fingerprint density at radius 3 is 1.45 bits per heavy atom. The van der Waals surface area contributed by atoms with E-state index in [1.807, 2.05) is 84.0 Å². The van der Waals surface area contributed by atoms with Gasteiger partial charge >= 0.3 is 6.09 Å². The van der Waals surface area contributed by atoms with Gasteiger partial charge < -0.3 is 35.4 Å². The molecule has 4 heterocycles. The number of carbonyl (C=O) groups excluding carboxylic acids is 3. The zero-order valence-corrected chi connectivity index (χ0v) is 38.8. The molecule has 3 N–H and O–H groups in total. The van der Waals surface area contributed by atoms with E-state index in [-0.39, 0.29) is 35.4 Å². The van der Waals surface area contributed by atoms with Gasteiger partial charge in [-0.15, -0.1) is 0 Å². The number of nitrogens with one attached hydrogen (secondary N) is 3. The number of hydrogen-bond acceptors (Lipinski definition) is 7. The average Bonchev–Trinajstić information content (AvgIpc) is 3.21. The number of ether oxygens (including phenoxy) is 1. The molecule has 0 unspecified atom stereocenters. The molecule has 10 rings (SSSR count). The standard InChI is InChI=1S/C30H35N3O3.C25H27N3O/c1-20-13-14-23(32-16-30(17-32)18-33(19-30)28(35)36-29(3,4)5)15-26(20)27(34)31-21(2)24-12-8-10-22-9-6-7-11-25(22)24;1-17-10-11-20(28-15-25(16-28)13-26-14-25)12-23(17)24(29)27-18(2)21-9-5-7-19-6-3-4-8-22(19)21/h6-15,21H,16-19H2,1-5H3,(H,31,34);3-12,18,26H,13-16H2,1-2H3,(H,27,29)/t21-;18-/m11/s1. The fourth-order valence-corrected chi connectivity index (χ4v) is 10.1. The van der Waals surface area contributed by atoms with Crippen LogP contribution in [0.5, 0.6) is 0 Å². The molecule has 2 spiro atoms. The Morgan fingerprint density at radius 2 is 1.02 bits per heavy atom. The van der Waals surface area contributed by atoms with E-state index in [0.717, 1.165) is 96.9 Å². The molecule has 10 nitrogen and oxygen atoms in total. The van der Waals surface area contributed by atoms with Crippen LogP contribution in [-0.2, 0) is 4.74 Å². The molecule has 4 aliphatic heterocycles. The van der Waals surface area contributed by atoms with E-state index in [0.29, 0.717) is 11.0 Å². The van der Waals surface area contributed by atoms with Crippen LogP contribution in [0.25, 0.3) is 21.5 Å². The van der Waals surface area contributed by atoms with E-state index in [9.17, 15) is 14.4 Å². The van der Waals surface area contributed by atoms with Gasteiger partial charge in [-0.25, -0.2) is 4.79 Å². The van der Waals surface area contributed by atoms with Crippen LogP contribution in [0.1, 0.15) is 89.7 Å². The lowest BCUT2D eigenvalue weighted by molar-refractivity contribution is -0.0453. The molecular formula is C55H62N6O4. The summed E-state index contributed by atoms with van der Waals surface area (Å²) < 4.78 is 5.49. The third-order valence-electron chi connectivity index (χ3n) is 13.7. The Balaban J connectivity index is 0.000000168. The summed E-state index contributed by atoms with van der Waals surface area (Å²) in [5.74, 6) is -0.0740. The van der Waals surface area contributed by atoms with Crippen LogP contribution in [-0.4, -0.2) is 80.8 Å². The van der Waals surface area contributed by atoms with Crippen LogP contribution in [0.4, 0.5) is 16.2 Å². The minimum absolute atomic E-state index is 0.00895. The molecule has 0 aliphatic carbocycles. The number of nitrogens with zero attached hydrogens (tertiary/aromatic N) is 3. The SMILES string of the molecule is Cc1ccc(N2CC3(CN(C(=O)OC(C)(C)C)C3)C2)cc1C(=O)N[C@H](C)c1cccc2ccccc12.Cc1ccc(N2CC3(CNC3)C2)cc1C(=O)N[C@H](C)c1cccc2ccccc12. The summed E-state index contributed by atoms with van der Waals surface area (Å²) in [7, 11) is 0. The maximum atomic E-state index is 13.3. The molecule has 0 bridgehead atoms. The second-order valence-electron chi connectivity index (χ2n) is 20.2. The molecule has 3 amide bonds. The monoisotopic (exact) mass is 870 g/mol. The summed E-state index contributed by atoms with van der Waals surface area (Å²) in [5, 5.41) is 14.5. The summed E-state index contributed by atoms with van der Waals surface area (Å²) in [5.41, 5.74) is 8.01. The number of anilines is 2. The van der Waals surface area contributed by atoms with E-state index in [2.05, 4.69) is 112 Å². The highest BCUT2D eigenvalue weighted by Crippen LogP contribution is 2.43. The van der Waals surface area contributed by atoms with E-state index >= 15 is 0 Å². The van der Waals surface area contributed by atoms with Gasteiger partial charge in [-0.1, -0.05) is 97.1 Å². The average molecular weight is 871 g/mol. The van der Waals surface area contributed by atoms with Crippen LogP contribution in [0, 0.1) is 24.7 Å². The first kappa shape index (κ1) is 43.8. The smallest absolute Gasteiger partial charge is 0.410 e. The van der Waals surface area contributed by atoms with Gasteiger partial charge in [0.1, 0.15) is 5.60 Å². The lowest BCUT2D eigenvalue weighted by Crippen LogP contribution is -2.73. The number of aryl methyl sites for hydroxylation is 2. The van der Waals surface area contributed by atoms with Gasteiger partial charge in [0, 0.05) is 85.7 Å². The predicted molar refractivity (Wildman–Crippen MR) is 262 cm³/mol. The summed E-state index contributed by atoms with van der Waals surface area (Å²) in [6, 6.07) is 41.2. The van der Waals surface area contributed by atoms with Gasteiger partial charge in [-0.3, -0.25) is 9.59 Å². The summed E-state index contributed by atoms with van der Waals surface area (Å²) in [6.45, 7) is 21.3. The normalized spacial score (nSPS) is 17.7. The van der Waals surface area contributed by atoms with E-state index in [1.54, 1.807) is 4.90 Å². The number of amides is 3. The number of hydrogen-bond donors (Lipinski definition) is 3. The Labute approximate surface area is 383 Å². The lowest BCUT2D eigenvalue weighted by atomic mass is 9.72. The highest BCUT2D eigenvalue weighted by Gasteiger charge is 2.54. The van der Waals surface area contributed by atoms with Gasteiger partial charge in [-0.2, -0.15) is 0 Å². The van der Waals surface area contributed by atoms with Crippen LogP contribution >= 0.6 is 0 Å². The number of carbonyl (C=O) groups is 3. The summed E-state index contributed by atoms with van der Waals surface area (Å²) in [6.07, 6.45) is -0.235. The van der Waals surface area contributed by atoms with Gasteiger partial charge in [0.15, 0.2) is 0 Å². The van der Waals surface area contributed by atoms with Crippen LogP contribution < -0.4 is 25.8 Å². The first-order valence-electron chi connectivity index (χ1n) is 23.1. The molecular weight excluding hydrogens is 809 g/mol. The number of benzene rings is 6. The fourth-order valence-electron chi connectivity index (χ4n) is 10.1. The van der Waals surface area contributed by atoms with E-state index < -0.39 is 5.60 Å². The molecule has 6 aromatic rings.